The Morgan fingerprint density at radius 1 is 1.53 bits per heavy atom. The molecule has 0 aromatic carbocycles. The molecule has 0 aromatic rings. The van der Waals surface area contributed by atoms with Crippen LogP contribution >= 0.6 is 0 Å². The van der Waals surface area contributed by atoms with Gasteiger partial charge in [-0.3, -0.25) is 4.79 Å². The average Bonchev–Trinajstić information content (AvgIpc) is 2.93. The maximum atomic E-state index is 12.2. The monoisotopic (exact) mass is 240 g/mol. The number of likely N-dealkylation sites (tertiary alicyclic amines) is 1. The Labute approximate surface area is 103 Å². The number of nitrogens with one attached hydrogen (secondary N) is 1. The molecule has 2 fully saturated rings. The van der Waals surface area contributed by atoms with Gasteiger partial charge in [-0.2, -0.15) is 0 Å². The SMILES string of the molecule is CC(C)NC1CCN(CC2(CCO)CC2)C1=O. The van der Waals surface area contributed by atoms with Gasteiger partial charge in [0.2, 0.25) is 5.91 Å². The Hall–Kier alpha value is -0.610. The second kappa shape index (κ2) is 4.94. The lowest BCUT2D eigenvalue weighted by Crippen LogP contribution is -2.42. The number of hydrogen-bond donors (Lipinski definition) is 2. The zero-order chi connectivity index (χ0) is 12.5. The van der Waals surface area contributed by atoms with Crippen LogP contribution in [0.5, 0.6) is 0 Å². The van der Waals surface area contributed by atoms with Crippen molar-refractivity contribution in [3.8, 4) is 0 Å². The number of hydrogen-bond acceptors (Lipinski definition) is 3. The summed E-state index contributed by atoms with van der Waals surface area (Å²) in [7, 11) is 0. The lowest BCUT2D eigenvalue weighted by atomic mass is 10.0. The first kappa shape index (κ1) is 12.8. The molecule has 0 spiro atoms. The van der Waals surface area contributed by atoms with Gasteiger partial charge < -0.3 is 15.3 Å². The number of rotatable bonds is 6. The molecular formula is C13H24N2O2. The van der Waals surface area contributed by atoms with Gasteiger partial charge >= 0.3 is 0 Å². The minimum absolute atomic E-state index is 0.0138. The maximum Gasteiger partial charge on any atom is 0.239 e. The van der Waals surface area contributed by atoms with E-state index in [1.54, 1.807) is 0 Å². The molecule has 1 heterocycles. The van der Waals surface area contributed by atoms with E-state index in [0.717, 1.165) is 25.9 Å². The molecule has 2 aliphatic rings. The number of amides is 1. The molecule has 4 nitrogen and oxygen atoms in total. The van der Waals surface area contributed by atoms with E-state index in [1.165, 1.54) is 12.8 Å². The van der Waals surface area contributed by atoms with Crippen molar-refractivity contribution < 1.29 is 9.90 Å². The van der Waals surface area contributed by atoms with E-state index in [1.807, 2.05) is 4.90 Å². The van der Waals surface area contributed by atoms with Gasteiger partial charge in [0.05, 0.1) is 6.04 Å². The quantitative estimate of drug-likeness (QED) is 0.720. The van der Waals surface area contributed by atoms with Crippen molar-refractivity contribution >= 4 is 5.91 Å². The summed E-state index contributed by atoms with van der Waals surface area (Å²) in [6.07, 6.45) is 4.10. The van der Waals surface area contributed by atoms with Crippen LogP contribution in [0.15, 0.2) is 0 Å². The van der Waals surface area contributed by atoms with Crippen LogP contribution in [0.1, 0.15) is 39.5 Å². The number of carbonyl (C=O) groups excluding carboxylic acids is 1. The fourth-order valence-electron chi connectivity index (χ4n) is 2.76. The van der Waals surface area contributed by atoms with Crippen LogP contribution in [0.3, 0.4) is 0 Å². The van der Waals surface area contributed by atoms with E-state index in [2.05, 4.69) is 19.2 Å². The fraction of sp³-hybridized carbons (Fsp3) is 0.923. The van der Waals surface area contributed by atoms with Crippen LogP contribution in [-0.4, -0.2) is 47.7 Å². The molecule has 1 unspecified atom stereocenters. The normalized spacial score (nSPS) is 26.9. The van der Waals surface area contributed by atoms with Crippen molar-refractivity contribution in [2.75, 3.05) is 19.7 Å². The summed E-state index contributed by atoms with van der Waals surface area (Å²) in [5.74, 6) is 0.253. The van der Waals surface area contributed by atoms with E-state index < -0.39 is 0 Å². The van der Waals surface area contributed by atoms with Crippen molar-refractivity contribution in [3.63, 3.8) is 0 Å². The third-order valence-corrected chi connectivity index (χ3v) is 3.96. The Morgan fingerprint density at radius 3 is 2.76 bits per heavy atom. The molecule has 0 radical (unpaired) electrons. The number of aliphatic hydroxyl groups excluding tert-OH is 1. The van der Waals surface area contributed by atoms with Gasteiger partial charge in [-0.25, -0.2) is 0 Å². The van der Waals surface area contributed by atoms with Crippen LogP contribution in [0.4, 0.5) is 0 Å². The molecule has 17 heavy (non-hydrogen) atoms. The summed E-state index contributed by atoms with van der Waals surface area (Å²) in [6, 6.07) is 0.371. The van der Waals surface area contributed by atoms with Crippen molar-refractivity contribution in [1.29, 1.82) is 0 Å². The van der Waals surface area contributed by atoms with E-state index >= 15 is 0 Å². The summed E-state index contributed by atoms with van der Waals surface area (Å²) in [6.45, 7) is 6.11. The number of aliphatic hydroxyl groups is 1. The van der Waals surface area contributed by atoms with Crippen LogP contribution in [0.2, 0.25) is 0 Å². The molecule has 4 heteroatoms. The van der Waals surface area contributed by atoms with Gasteiger partial charge in [0.25, 0.3) is 0 Å². The van der Waals surface area contributed by atoms with E-state index in [-0.39, 0.29) is 24.0 Å². The van der Waals surface area contributed by atoms with Crippen LogP contribution in [0.25, 0.3) is 0 Å². The molecule has 1 atom stereocenters. The Kier molecular flexibility index (Phi) is 3.73. The van der Waals surface area contributed by atoms with E-state index in [4.69, 9.17) is 5.11 Å². The molecule has 1 aliphatic carbocycles. The van der Waals surface area contributed by atoms with Crippen molar-refractivity contribution in [2.24, 2.45) is 5.41 Å². The third kappa shape index (κ3) is 2.99. The first-order valence-corrected chi connectivity index (χ1v) is 6.72. The van der Waals surface area contributed by atoms with Crippen LogP contribution < -0.4 is 5.32 Å². The molecule has 1 saturated heterocycles. The van der Waals surface area contributed by atoms with Crippen LogP contribution in [0, 0.1) is 5.41 Å². The van der Waals surface area contributed by atoms with E-state index in [0.29, 0.717) is 6.04 Å². The highest BCUT2D eigenvalue weighted by Crippen LogP contribution is 2.49. The van der Waals surface area contributed by atoms with E-state index in [9.17, 15) is 4.79 Å². The minimum atomic E-state index is 0.0138. The molecule has 0 bridgehead atoms. The molecule has 0 aromatic heterocycles. The molecule has 1 saturated carbocycles. The molecule has 1 aliphatic heterocycles. The standard InChI is InChI=1S/C13H24N2O2/c1-10(2)14-11-3-7-15(12(11)17)9-13(4-5-13)6-8-16/h10-11,14,16H,3-9H2,1-2H3. The van der Waals surface area contributed by atoms with Gasteiger partial charge in [-0.1, -0.05) is 13.8 Å². The summed E-state index contributed by atoms with van der Waals surface area (Å²) >= 11 is 0. The van der Waals surface area contributed by atoms with Crippen molar-refractivity contribution in [3.05, 3.63) is 0 Å². The third-order valence-electron chi connectivity index (χ3n) is 3.96. The van der Waals surface area contributed by atoms with Gasteiger partial charge in [-0.15, -0.1) is 0 Å². The summed E-state index contributed by atoms with van der Waals surface area (Å²) in [5, 5.41) is 12.4. The predicted molar refractivity (Wildman–Crippen MR) is 66.6 cm³/mol. The predicted octanol–water partition coefficient (Wildman–Crippen LogP) is 0.748. The summed E-state index contributed by atoms with van der Waals surface area (Å²) in [5.41, 5.74) is 0.247. The first-order chi connectivity index (χ1) is 8.06. The summed E-state index contributed by atoms with van der Waals surface area (Å²) < 4.78 is 0. The second-order valence-corrected chi connectivity index (χ2v) is 5.90. The largest absolute Gasteiger partial charge is 0.396 e. The summed E-state index contributed by atoms with van der Waals surface area (Å²) in [4.78, 5) is 14.1. The molecule has 98 valence electrons. The molecule has 2 rings (SSSR count). The molecular weight excluding hydrogens is 216 g/mol. The number of carbonyl (C=O) groups is 1. The molecule has 1 amide bonds. The highest BCUT2D eigenvalue weighted by atomic mass is 16.3. The highest BCUT2D eigenvalue weighted by molar-refractivity contribution is 5.84. The minimum Gasteiger partial charge on any atom is -0.396 e. The van der Waals surface area contributed by atoms with Gasteiger partial charge in [0.1, 0.15) is 0 Å². The average molecular weight is 240 g/mol. The van der Waals surface area contributed by atoms with Gasteiger partial charge in [0.15, 0.2) is 0 Å². The smallest absolute Gasteiger partial charge is 0.239 e. The lowest BCUT2D eigenvalue weighted by Gasteiger charge is -2.23. The number of nitrogens with zero attached hydrogens (tertiary/aromatic N) is 1. The fourth-order valence-corrected chi connectivity index (χ4v) is 2.76. The van der Waals surface area contributed by atoms with Gasteiger partial charge in [0, 0.05) is 25.7 Å². The Balaban J connectivity index is 1.85. The van der Waals surface area contributed by atoms with Crippen molar-refractivity contribution in [2.45, 2.75) is 51.6 Å². The Bertz CT molecular complexity index is 287. The zero-order valence-corrected chi connectivity index (χ0v) is 10.9. The molecule has 2 N–H and O–H groups in total. The maximum absolute atomic E-state index is 12.2. The topological polar surface area (TPSA) is 52.6 Å². The first-order valence-electron chi connectivity index (χ1n) is 6.72. The highest BCUT2D eigenvalue weighted by Gasteiger charge is 2.46. The lowest BCUT2D eigenvalue weighted by molar-refractivity contribution is -0.130. The second-order valence-electron chi connectivity index (χ2n) is 5.90. The van der Waals surface area contributed by atoms with Crippen molar-refractivity contribution in [1.82, 2.24) is 10.2 Å². The Morgan fingerprint density at radius 2 is 2.24 bits per heavy atom. The van der Waals surface area contributed by atoms with Crippen LogP contribution in [-0.2, 0) is 4.79 Å². The van der Waals surface area contributed by atoms with Gasteiger partial charge in [-0.05, 0) is 31.1 Å². The zero-order valence-electron chi connectivity index (χ0n) is 10.9.